The van der Waals surface area contributed by atoms with Gasteiger partial charge < -0.3 is 19.9 Å². The second kappa shape index (κ2) is 4.20. The highest BCUT2D eigenvalue weighted by molar-refractivity contribution is 5.49. The van der Waals surface area contributed by atoms with E-state index in [1.54, 1.807) is 13.8 Å². The zero-order chi connectivity index (χ0) is 12.6. The van der Waals surface area contributed by atoms with Crippen LogP contribution < -0.4 is 14.8 Å². The van der Waals surface area contributed by atoms with E-state index in [9.17, 15) is 5.11 Å². The number of likely N-dealkylation sites (N-methyl/N-ethyl adjacent to an activating group) is 1. The molecule has 0 radical (unpaired) electrons. The zero-order valence-corrected chi connectivity index (χ0v) is 10.7. The van der Waals surface area contributed by atoms with Crippen LogP contribution in [0.25, 0.3) is 0 Å². The molecule has 1 atom stereocenters. The number of hydrogen-bond donors (Lipinski definition) is 2. The Morgan fingerprint density at radius 1 is 1.29 bits per heavy atom. The molecular weight excluding hydrogens is 218 g/mol. The molecule has 0 fully saturated rings. The Kier molecular flexibility index (Phi) is 3.02. The van der Waals surface area contributed by atoms with Crippen molar-refractivity contribution in [3.63, 3.8) is 0 Å². The van der Waals surface area contributed by atoms with Gasteiger partial charge in [0.25, 0.3) is 0 Å². The average Bonchev–Trinajstić information content (AvgIpc) is 2.64. The zero-order valence-electron chi connectivity index (χ0n) is 10.7. The maximum Gasteiger partial charge on any atom is 0.231 e. The Hall–Kier alpha value is -1.26. The van der Waals surface area contributed by atoms with E-state index in [1.807, 2.05) is 26.1 Å². The lowest BCUT2D eigenvalue weighted by atomic mass is 9.89. The monoisotopic (exact) mass is 237 g/mol. The number of ether oxygens (including phenoxy) is 2. The molecule has 1 aromatic rings. The molecule has 0 bridgehead atoms. The van der Waals surface area contributed by atoms with Crippen molar-refractivity contribution in [3.05, 3.63) is 23.3 Å². The Bertz CT molecular complexity index is 423. The van der Waals surface area contributed by atoms with Gasteiger partial charge in [0.15, 0.2) is 11.5 Å². The number of nitrogens with one attached hydrogen (secondary N) is 1. The standard InChI is InChI=1S/C13H19NO3/c1-8-5-10-11(17-7-16-10)6-9(8)12(14-4)13(2,3)15/h5-6,12,14-15H,7H2,1-4H3. The highest BCUT2D eigenvalue weighted by Crippen LogP contribution is 2.38. The van der Waals surface area contributed by atoms with Gasteiger partial charge in [0.1, 0.15) is 0 Å². The number of rotatable bonds is 3. The highest BCUT2D eigenvalue weighted by Gasteiger charge is 2.29. The summed E-state index contributed by atoms with van der Waals surface area (Å²) in [6.07, 6.45) is 0. The lowest BCUT2D eigenvalue weighted by Gasteiger charge is -2.30. The fourth-order valence-electron chi connectivity index (χ4n) is 2.26. The summed E-state index contributed by atoms with van der Waals surface area (Å²) in [5.41, 5.74) is 1.27. The molecule has 0 aromatic heterocycles. The molecule has 17 heavy (non-hydrogen) atoms. The minimum absolute atomic E-state index is 0.142. The minimum atomic E-state index is -0.840. The first kappa shape index (κ1) is 12.2. The van der Waals surface area contributed by atoms with Gasteiger partial charge in [-0.05, 0) is 51.1 Å². The summed E-state index contributed by atoms with van der Waals surface area (Å²) in [4.78, 5) is 0. The van der Waals surface area contributed by atoms with E-state index in [0.29, 0.717) is 0 Å². The molecule has 1 heterocycles. The van der Waals surface area contributed by atoms with Crippen molar-refractivity contribution in [1.82, 2.24) is 5.32 Å². The number of fused-ring (bicyclic) bond motifs is 1. The van der Waals surface area contributed by atoms with E-state index in [2.05, 4.69) is 5.32 Å². The largest absolute Gasteiger partial charge is 0.454 e. The summed E-state index contributed by atoms with van der Waals surface area (Å²) in [5.74, 6) is 1.52. The number of aryl methyl sites for hydroxylation is 1. The van der Waals surface area contributed by atoms with Gasteiger partial charge in [-0.15, -0.1) is 0 Å². The lowest BCUT2D eigenvalue weighted by molar-refractivity contribution is 0.0397. The normalized spacial score (nSPS) is 16.1. The number of benzene rings is 1. The van der Waals surface area contributed by atoms with Crippen LogP contribution in [0.15, 0.2) is 12.1 Å². The molecule has 4 nitrogen and oxygen atoms in total. The average molecular weight is 237 g/mol. The van der Waals surface area contributed by atoms with Crippen LogP contribution in [0.4, 0.5) is 0 Å². The van der Waals surface area contributed by atoms with Crippen molar-refractivity contribution in [2.75, 3.05) is 13.8 Å². The maximum atomic E-state index is 10.2. The van der Waals surface area contributed by atoms with Gasteiger partial charge in [-0.25, -0.2) is 0 Å². The molecule has 0 amide bonds. The van der Waals surface area contributed by atoms with Crippen LogP contribution in [0.5, 0.6) is 11.5 Å². The Morgan fingerprint density at radius 3 is 2.41 bits per heavy atom. The van der Waals surface area contributed by atoms with Crippen molar-refractivity contribution < 1.29 is 14.6 Å². The quantitative estimate of drug-likeness (QED) is 0.841. The molecule has 94 valence electrons. The van der Waals surface area contributed by atoms with Crippen LogP contribution in [-0.4, -0.2) is 24.5 Å². The summed E-state index contributed by atoms with van der Waals surface area (Å²) >= 11 is 0. The van der Waals surface area contributed by atoms with E-state index in [1.165, 1.54) is 0 Å². The molecule has 0 saturated carbocycles. The van der Waals surface area contributed by atoms with E-state index < -0.39 is 5.60 Å². The maximum absolute atomic E-state index is 10.2. The van der Waals surface area contributed by atoms with E-state index in [4.69, 9.17) is 9.47 Å². The van der Waals surface area contributed by atoms with Crippen molar-refractivity contribution >= 4 is 0 Å². The molecule has 0 aliphatic carbocycles. The van der Waals surface area contributed by atoms with Crippen LogP contribution in [0.3, 0.4) is 0 Å². The summed E-state index contributed by atoms with van der Waals surface area (Å²) in [6, 6.07) is 3.75. The second-order valence-electron chi connectivity index (χ2n) is 4.94. The molecule has 1 aliphatic rings. The molecule has 1 unspecified atom stereocenters. The lowest BCUT2D eigenvalue weighted by Crippen LogP contribution is -2.37. The van der Waals surface area contributed by atoms with Crippen molar-refractivity contribution in [1.29, 1.82) is 0 Å². The third-order valence-electron chi connectivity index (χ3n) is 3.07. The Labute approximate surface area is 102 Å². The first-order valence-electron chi connectivity index (χ1n) is 5.73. The van der Waals surface area contributed by atoms with Gasteiger partial charge in [0, 0.05) is 0 Å². The van der Waals surface area contributed by atoms with Crippen LogP contribution >= 0.6 is 0 Å². The van der Waals surface area contributed by atoms with Crippen molar-refractivity contribution in [2.24, 2.45) is 0 Å². The summed E-state index contributed by atoms with van der Waals surface area (Å²) in [7, 11) is 1.84. The van der Waals surface area contributed by atoms with E-state index in [-0.39, 0.29) is 12.8 Å². The van der Waals surface area contributed by atoms with Crippen LogP contribution in [0, 0.1) is 6.92 Å². The number of aliphatic hydroxyl groups is 1. The van der Waals surface area contributed by atoms with Gasteiger partial charge in [0.05, 0.1) is 11.6 Å². The summed E-state index contributed by atoms with van der Waals surface area (Å²) in [5, 5.41) is 13.3. The van der Waals surface area contributed by atoms with Crippen LogP contribution in [0.1, 0.15) is 31.0 Å². The molecule has 2 N–H and O–H groups in total. The Balaban J connectivity index is 2.44. The smallest absolute Gasteiger partial charge is 0.231 e. The molecule has 1 aliphatic heterocycles. The van der Waals surface area contributed by atoms with Gasteiger partial charge in [-0.2, -0.15) is 0 Å². The molecule has 1 aromatic carbocycles. The molecular formula is C13H19NO3. The fraction of sp³-hybridized carbons (Fsp3) is 0.538. The minimum Gasteiger partial charge on any atom is -0.454 e. The Morgan fingerprint density at radius 2 is 1.88 bits per heavy atom. The van der Waals surface area contributed by atoms with E-state index >= 15 is 0 Å². The van der Waals surface area contributed by atoms with Crippen LogP contribution in [-0.2, 0) is 0 Å². The van der Waals surface area contributed by atoms with Gasteiger partial charge in [0.2, 0.25) is 6.79 Å². The van der Waals surface area contributed by atoms with Gasteiger partial charge >= 0.3 is 0 Å². The SMILES string of the molecule is CNC(c1cc2c(cc1C)OCO2)C(C)(C)O. The van der Waals surface area contributed by atoms with Gasteiger partial charge in [-0.3, -0.25) is 0 Å². The van der Waals surface area contributed by atoms with Gasteiger partial charge in [-0.1, -0.05) is 0 Å². The topological polar surface area (TPSA) is 50.7 Å². The predicted molar refractivity (Wildman–Crippen MR) is 65.4 cm³/mol. The second-order valence-corrected chi connectivity index (χ2v) is 4.94. The first-order chi connectivity index (χ1) is 7.93. The third kappa shape index (κ3) is 2.23. The molecule has 0 spiro atoms. The fourth-order valence-corrected chi connectivity index (χ4v) is 2.26. The third-order valence-corrected chi connectivity index (χ3v) is 3.07. The molecule has 2 rings (SSSR count). The molecule has 0 saturated heterocycles. The number of hydrogen-bond acceptors (Lipinski definition) is 4. The summed E-state index contributed by atoms with van der Waals surface area (Å²) in [6.45, 7) is 5.86. The van der Waals surface area contributed by atoms with Crippen molar-refractivity contribution in [3.8, 4) is 11.5 Å². The van der Waals surface area contributed by atoms with Crippen molar-refractivity contribution in [2.45, 2.75) is 32.4 Å². The summed E-state index contributed by atoms with van der Waals surface area (Å²) < 4.78 is 10.7. The van der Waals surface area contributed by atoms with Crippen LogP contribution in [0.2, 0.25) is 0 Å². The molecule has 4 heteroatoms. The highest BCUT2D eigenvalue weighted by atomic mass is 16.7. The first-order valence-corrected chi connectivity index (χ1v) is 5.73. The van der Waals surface area contributed by atoms with E-state index in [0.717, 1.165) is 22.6 Å². The predicted octanol–water partition coefficient (Wildman–Crippen LogP) is 1.76.